The molecule has 0 aromatic rings. The Bertz CT molecular complexity index is 624. The Morgan fingerprint density at radius 3 is 2.32 bits per heavy atom. The van der Waals surface area contributed by atoms with Gasteiger partial charge in [-0.3, -0.25) is 19.2 Å². The summed E-state index contributed by atoms with van der Waals surface area (Å²) in [6, 6.07) is -3.70. The van der Waals surface area contributed by atoms with Gasteiger partial charge in [-0.1, -0.05) is 0 Å². The average molecular weight is 402 g/mol. The third-order valence-corrected chi connectivity index (χ3v) is 4.35. The zero-order valence-electron chi connectivity index (χ0n) is 15.5. The van der Waals surface area contributed by atoms with Gasteiger partial charge in [-0.15, -0.1) is 0 Å². The monoisotopic (exact) mass is 402 g/mol. The minimum absolute atomic E-state index is 0.186. The van der Waals surface area contributed by atoms with Crippen LogP contribution in [0.1, 0.15) is 32.6 Å². The lowest BCUT2D eigenvalue weighted by molar-refractivity contribution is -0.146. The van der Waals surface area contributed by atoms with Gasteiger partial charge in [0, 0.05) is 13.0 Å². The van der Waals surface area contributed by atoms with Crippen molar-refractivity contribution in [1.29, 1.82) is 0 Å². The molecule has 0 bridgehead atoms. The van der Waals surface area contributed by atoms with Gasteiger partial charge in [-0.25, -0.2) is 4.79 Å². The third-order valence-electron chi connectivity index (χ3n) is 4.35. The molecule has 0 aromatic heterocycles. The van der Waals surface area contributed by atoms with Crippen molar-refractivity contribution in [3.05, 3.63) is 0 Å². The highest BCUT2D eigenvalue weighted by atomic mass is 16.4. The molecule has 0 radical (unpaired) electrons. The summed E-state index contributed by atoms with van der Waals surface area (Å²) >= 11 is 0. The molecule has 12 nitrogen and oxygen atoms in total. The van der Waals surface area contributed by atoms with Gasteiger partial charge in [0.2, 0.25) is 17.7 Å². The lowest BCUT2D eigenvalue weighted by Gasteiger charge is -2.30. The van der Waals surface area contributed by atoms with Gasteiger partial charge in [0.1, 0.15) is 18.1 Å². The molecular formula is C16H26N4O8. The van der Waals surface area contributed by atoms with Crippen molar-refractivity contribution in [3.63, 3.8) is 0 Å². The number of nitrogens with two attached hydrogens (primary N) is 1. The second kappa shape index (κ2) is 10.6. The van der Waals surface area contributed by atoms with E-state index in [2.05, 4.69) is 10.6 Å². The smallest absolute Gasteiger partial charge is 0.326 e. The van der Waals surface area contributed by atoms with E-state index in [9.17, 15) is 29.1 Å². The molecule has 1 rings (SSSR count). The number of aliphatic hydroxyl groups excluding tert-OH is 1. The minimum atomic E-state index is -1.41. The average Bonchev–Trinajstić information content (AvgIpc) is 3.11. The lowest BCUT2D eigenvalue weighted by atomic mass is 10.1. The molecule has 0 spiro atoms. The summed E-state index contributed by atoms with van der Waals surface area (Å²) in [6.45, 7) is 1.10. The van der Waals surface area contributed by atoms with Crippen molar-refractivity contribution in [1.82, 2.24) is 15.5 Å². The number of nitrogens with one attached hydrogen (secondary N) is 2. The number of aliphatic hydroxyl groups is 1. The summed E-state index contributed by atoms with van der Waals surface area (Å²) in [7, 11) is 0. The predicted molar refractivity (Wildman–Crippen MR) is 93.8 cm³/mol. The fourth-order valence-electron chi connectivity index (χ4n) is 2.90. The Hall–Kier alpha value is -2.73. The number of hydrogen-bond donors (Lipinski definition) is 6. The predicted octanol–water partition coefficient (Wildman–Crippen LogP) is -2.76. The van der Waals surface area contributed by atoms with Crippen molar-refractivity contribution in [3.8, 4) is 0 Å². The van der Waals surface area contributed by atoms with Gasteiger partial charge >= 0.3 is 11.9 Å². The van der Waals surface area contributed by atoms with Crippen LogP contribution < -0.4 is 16.4 Å². The van der Waals surface area contributed by atoms with Crippen LogP contribution in [0.4, 0.5) is 0 Å². The molecule has 0 saturated carbocycles. The number of carboxylic acid groups (broad SMARTS) is 2. The standard InChI is InChI=1S/C16H26N4O8/c1-8(21)13(19-11(22)7-17)15(26)20-6-2-3-10(20)14(25)18-9(16(27)28)4-5-12(23)24/h8-10,13,21H,2-7,17H2,1H3,(H,18,25)(H,19,22)(H,23,24)(H,27,28). The van der Waals surface area contributed by atoms with E-state index >= 15 is 0 Å². The molecule has 12 heteroatoms. The van der Waals surface area contributed by atoms with E-state index in [1.807, 2.05) is 0 Å². The molecule has 1 aliphatic heterocycles. The summed E-state index contributed by atoms with van der Waals surface area (Å²) in [5.74, 6) is -4.67. The van der Waals surface area contributed by atoms with Crippen molar-refractivity contribution < 1.29 is 39.3 Å². The maximum absolute atomic E-state index is 12.7. The maximum Gasteiger partial charge on any atom is 0.326 e. The van der Waals surface area contributed by atoms with E-state index in [4.69, 9.17) is 15.9 Å². The second-order valence-electron chi connectivity index (χ2n) is 6.51. The molecule has 4 unspecified atom stereocenters. The van der Waals surface area contributed by atoms with Gasteiger partial charge in [0.25, 0.3) is 0 Å². The van der Waals surface area contributed by atoms with Crippen molar-refractivity contribution in [2.45, 2.75) is 56.8 Å². The van der Waals surface area contributed by atoms with Crippen LogP contribution in [0.25, 0.3) is 0 Å². The Kier molecular flexibility index (Phi) is 8.79. The molecular weight excluding hydrogens is 376 g/mol. The molecule has 0 aromatic carbocycles. The van der Waals surface area contributed by atoms with E-state index in [1.165, 1.54) is 11.8 Å². The number of carboxylic acids is 2. The normalized spacial score (nSPS) is 19.4. The lowest BCUT2D eigenvalue weighted by Crippen LogP contribution is -2.58. The highest BCUT2D eigenvalue weighted by Gasteiger charge is 2.40. The van der Waals surface area contributed by atoms with Gasteiger partial charge in [-0.2, -0.15) is 0 Å². The summed E-state index contributed by atoms with van der Waals surface area (Å²) in [5.41, 5.74) is 5.20. The molecule has 1 aliphatic rings. The molecule has 1 saturated heterocycles. The first kappa shape index (κ1) is 23.3. The van der Waals surface area contributed by atoms with Crippen LogP contribution >= 0.6 is 0 Å². The van der Waals surface area contributed by atoms with Crippen LogP contribution in [0.5, 0.6) is 0 Å². The largest absolute Gasteiger partial charge is 0.481 e. The first-order valence-corrected chi connectivity index (χ1v) is 8.81. The van der Waals surface area contributed by atoms with Crippen LogP contribution in [0, 0.1) is 0 Å². The summed E-state index contributed by atoms with van der Waals surface area (Å²) < 4.78 is 0. The van der Waals surface area contributed by atoms with Gasteiger partial charge in [-0.05, 0) is 26.2 Å². The SMILES string of the molecule is CC(O)C(NC(=O)CN)C(=O)N1CCCC1C(=O)NC(CCC(=O)O)C(=O)O. The van der Waals surface area contributed by atoms with E-state index < -0.39 is 60.3 Å². The number of carbonyl (C=O) groups excluding carboxylic acids is 3. The number of hydrogen-bond acceptors (Lipinski definition) is 7. The molecule has 4 atom stereocenters. The van der Waals surface area contributed by atoms with E-state index in [1.54, 1.807) is 0 Å². The summed E-state index contributed by atoms with van der Waals surface area (Å²) in [5, 5.41) is 32.2. The molecule has 1 fully saturated rings. The molecule has 0 aliphatic carbocycles. The number of carbonyl (C=O) groups is 5. The van der Waals surface area contributed by atoms with Crippen LogP contribution in [0.2, 0.25) is 0 Å². The molecule has 28 heavy (non-hydrogen) atoms. The van der Waals surface area contributed by atoms with Crippen LogP contribution in [0.3, 0.4) is 0 Å². The second-order valence-corrected chi connectivity index (χ2v) is 6.51. The van der Waals surface area contributed by atoms with E-state index in [-0.39, 0.29) is 25.9 Å². The fraction of sp³-hybridized carbons (Fsp3) is 0.688. The number of rotatable bonds is 10. The van der Waals surface area contributed by atoms with Crippen LogP contribution in [0.15, 0.2) is 0 Å². The maximum atomic E-state index is 12.7. The van der Waals surface area contributed by atoms with Crippen molar-refractivity contribution in [2.75, 3.05) is 13.1 Å². The molecule has 3 amide bonds. The number of aliphatic carboxylic acids is 2. The number of likely N-dealkylation sites (tertiary alicyclic amines) is 1. The number of amides is 3. The highest BCUT2D eigenvalue weighted by Crippen LogP contribution is 2.20. The van der Waals surface area contributed by atoms with Crippen molar-refractivity contribution >= 4 is 29.7 Å². The zero-order chi connectivity index (χ0) is 21.4. The van der Waals surface area contributed by atoms with Gasteiger partial charge < -0.3 is 36.6 Å². The first-order chi connectivity index (χ1) is 13.1. The number of nitrogens with zero attached hydrogens (tertiary/aromatic N) is 1. The van der Waals surface area contributed by atoms with Gasteiger partial charge in [0.05, 0.1) is 12.6 Å². The van der Waals surface area contributed by atoms with E-state index in [0.717, 1.165) is 0 Å². The quantitative estimate of drug-likeness (QED) is 0.224. The first-order valence-electron chi connectivity index (χ1n) is 8.81. The van der Waals surface area contributed by atoms with Gasteiger partial charge in [0.15, 0.2) is 0 Å². The third kappa shape index (κ3) is 6.46. The fourth-order valence-corrected chi connectivity index (χ4v) is 2.90. The minimum Gasteiger partial charge on any atom is -0.481 e. The summed E-state index contributed by atoms with van der Waals surface area (Å²) in [4.78, 5) is 59.8. The highest BCUT2D eigenvalue weighted by molar-refractivity contribution is 5.94. The summed E-state index contributed by atoms with van der Waals surface area (Å²) in [6.07, 6.45) is -1.26. The Balaban J connectivity index is 2.87. The van der Waals surface area contributed by atoms with Crippen LogP contribution in [-0.2, 0) is 24.0 Å². The molecule has 158 valence electrons. The topological polar surface area (TPSA) is 199 Å². The molecule has 1 heterocycles. The Labute approximate surface area is 161 Å². The molecule has 7 N–H and O–H groups in total. The zero-order valence-corrected chi connectivity index (χ0v) is 15.5. The Morgan fingerprint density at radius 1 is 1.18 bits per heavy atom. The van der Waals surface area contributed by atoms with Crippen LogP contribution in [-0.4, -0.2) is 87.2 Å². The van der Waals surface area contributed by atoms with Crippen molar-refractivity contribution in [2.24, 2.45) is 5.73 Å². The Morgan fingerprint density at radius 2 is 1.82 bits per heavy atom. The van der Waals surface area contributed by atoms with E-state index in [0.29, 0.717) is 6.42 Å².